The zero-order valence-electron chi connectivity index (χ0n) is 24.8. The lowest BCUT2D eigenvalue weighted by Gasteiger charge is -2.33. The molecule has 0 aliphatic heterocycles. The molecule has 4 atom stereocenters. The fourth-order valence-corrected chi connectivity index (χ4v) is 4.83. The van der Waals surface area contributed by atoms with E-state index in [0.717, 1.165) is 12.1 Å². The highest BCUT2D eigenvalue weighted by Gasteiger charge is 2.39. The summed E-state index contributed by atoms with van der Waals surface area (Å²) in [4.78, 5) is 38.3. The molecule has 1 aromatic carbocycles. The van der Waals surface area contributed by atoms with Gasteiger partial charge in [-0.1, -0.05) is 39.8 Å². The number of hydrogen-bond acceptors (Lipinski definition) is 7. The van der Waals surface area contributed by atoms with Gasteiger partial charge in [-0.3, -0.25) is 4.79 Å². The second-order valence-corrected chi connectivity index (χ2v) is 12.9. The van der Waals surface area contributed by atoms with Crippen molar-refractivity contribution in [2.75, 3.05) is 0 Å². The minimum absolute atomic E-state index is 0.0302. The molecule has 0 bridgehead atoms. The number of carbonyl (C=O) groups excluding carboxylic acids is 2. The molecule has 3 unspecified atom stereocenters. The number of halogens is 3. The molecule has 42 heavy (non-hydrogen) atoms. The number of amides is 1. The van der Waals surface area contributed by atoms with E-state index in [1.807, 2.05) is 6.92 Å². The molecule has 0 fully saturated rings. The summed E-state index contributed by atoms with van der Waals surface area (Å²) < 4.78 is 51.1. The lowest BCUT2D eigenvalue weighted by molar-refractivity contribution is -0.155. The summed E-state index contributed by atoms with van der Waals surface area (Å²) >= 11 is 0. The molecule has 1 aromatic heterocycles. The molecule has 0 saturated heterocycles. The Bertz CT molecular complexity index is 1320. The second kappa shape index (κ2) is 12.3. The van der Waals surface area contributed by atoms with Crippen molar-refractivity contribution in [3.05, 3.63) is 47.2 Å². The highest BCUT2D eigenvalue weighted by atomic mass is 19.4. The zero-order valence-corrected chi connectivity index (χ0v) is 24.8. The third kappa shape index (κ3) is 8.65. The molecule has 0 saturated carbocycles. The number of ether oxygens (including phenoxy) is 2. The summed E-state index contributed by atoms with van der Waals surface area (Å²) in [5, 5.41) is 20.7. The zero-order chi connectivity index (χ0) is 31.6. The number of alkyl halides is 3. The Kier molecular flexibility index (Phi) is 9.58. The number of carboxylic acids is 1. The number of fused-ring (bicyclic) bond motifs is 1. The number of esters is 1. The predicted octanol–water partition coefficient (Wildman–Crippen LogP) is 6.36. The van der Waals surface area contributed by atoms with Crippen LogP contribution in [0.15, 0.2) is 30.3 Å². The van der Waals surface area contributed by atoms with E-state index < -0.39 is 58.9 Å². The Hall–Kier alpha value is -3.70. The molecule has 230 valence electrons. The first-order valence-corrected chi connectivity index (χ1v) is 13.7. The maximum absolute atomic E-state index is 13.6. The molecule has 1 aliphatic carbocycles. The number of carboxylic acid groups (broad SMARTS) is 1. The molecule has 0 radical (unpaired) electrons. The normalized spacial score (nSPS) is 18.8. The van der Waals surface area contributed by atoms with Crippen molar-refractivity contribution in [2.45, 2.75) is 91.7 Å². The van der Waals surface area contributed by atoms with Crippen LogP contribution in [0.4, 0.5) is 18.0 Å². The van der Waals surface area contributed by atoms with Gasteiger partial charge in [0, 0.05) is 11.1 Å². The number of aliphatic carboxylic acids is 1. The van der Waals surface area contributed by atoms with E-state index in [4.69, 9.17) is 9.47 Å². The van der Waals surface area contributed by atoms with Crippen LogP contribution in [-0.4, -0.2) is 45.0 Å². The monoisotopic (exact) mass is 593 g/mol. The first-order valence-electron chi connectivity index (χ1n) is 13.7. The van der Waals surface area contributed by atoms with E-state index in [2.05, 4.69) is 15.5 Å². The SMILES string of the molecule is CC1Cc2nnc(-c3cccc(C(F)(F)F)c3)cc2C(OC(=O)[C@H](CC(C(=O)O)C(C)(C)C)NC(=O)OC(C)(C)C)C1. The quantitative estimate of drug-likeness (QED) is 0.355. The lowest BCUT2D eigenvalue weighted by Crippen LogP contribution is -2.47. The van der Waals surface area contributed by atoms with Crippen molar-refractivity contribution in [3.8, 4) is 11.3 Å². The van der Waals surface area contributed by atoms with Crippen LogP contribution in [0.5, 0.6) is 0 Å². The van der Waals surface area contributed by atoms with Gasteiger partial charge in [0.25, 0.3) is 0 Å². The number of hydrogen-bond donors (Lipinski definition) is 2. The van der Waals surface area contributed by atoms with Gasteiger partial charge in [0.2, 0.25) is 0 Å². The average molecular weight is 594 g/mol. The van der Waals surface area contributed by atoms with E-state index in [9.17, 15) is 32.7 Å². The van der Waals surface area contributed by atoms with Crippen LogP contribution in [0.25, 0.3) is 11.3 Å². The molecular formula is C30H38F3N3O6. The number of aromatic nitrogens is 2. The smallest absolute Gasteiger partial charge is 0.416 e. The molecule has 1 aliphatic rings. The van der Waals surface area contributed by atoms with E-state index in [0.29, 0.717) is 24.1 Å². The van der Waals surface area contributed by atoms with Crippen LogP contribution in [0.3, 0.4) is 0 Å². The first kappa shape index (κ1) is 32.8. The minimum Gasteiger partial charge on any atom is -0.481 e. The summed E-state index contributed by atoms with van der Waals surface area (Å²) in [5.41, 5.74) is -1.05. The van der Waals surface area contributed by atoms with Gasteiger partial charge in [0.1, 0.15) is 17.7 Å². The highest BCUT2D eigenvalue weighted by Crippen LogP contribution is 2.38. The standard InChI is InChI=1S/C30H38F3N3O6/c1-16-11-22-19(14-21(35-36-22)17-9-8-10-18(13-17)30(31,32)33)24(12-16)41-26(39)23(34-27(40)42-29(5,6)7)15-20(25(37)38)28(2,3)4/h8-10,13-14,16,20,23-24H,11-12,15H2,1-7H3,(H,34,40)(H,37,38)/t16?,20?,23-,24?/m0/s1. The van der Waals surface area contributed by atoms with Gasteiger partial charge < -0.3 is 19.9 Å². The second-order valence-electron chi connectivity index (χ2n) is 12.9. The van der Waals surface area contributed by atoms with Gasteiger partial charge in [-0.05, 0) is 69.6 Å². The van der Waals surface area contributed by atoms with Crippen molar-refractivity contribution in [1.82, 2.24) is 15.5 Å². The van der Waals surface area contributed by atoms with Gasteiger partial charge in [-0.15, -0.1) is 0 Å². The summed E-state index contributed by atoms with van der Waals surface area (Å²) in [6.07, 6.45) is -5.65. The topological polar surface area (TPSA) is 128 Å². The Morgan fingerprint density at radius 3 is 2.31 bits per heavy atom. The maximum Gasteiger partial charge on any atom is 0.416 e. The van der Waals surface area contributed by atoms with Crippen molar-refractivity contribution >= 4 is 18.0 Å². The third-order valence-corrected chi connectivity index (χ3v) is 6.94. The van der Waals surface area contributed by atoms with Crippen LogP contribution >= 0.6 is 0 Å². The minimum atomic E-state index is -4.54. The average Bonchev–Trinajstić information content (AvgIpc) is 2.83. The molecule has 1 heterocycles. The Balaban J connectivity index is 1.95. The van der Waals surface area contributed by atoms with E-state index in [1.165, 1.54) is 12.1 Å². The molecule has 0 spiro atoms. The first-order chi connectivity index (χ1) is 19.2. The molecule has 1 amide bonds. The summed E-state index contributed by atoms with van der Waals surface area (Å²) in [5.74, 6) is -2.98. The molecule has 9 nitrogen and oxygen atoms in total. The van der Waals surface area contributed by atoms with E-state index in [-0.39, 0.29) is 23.6 Å². The molecule has 12 heteroatoms. The molecular weight excluding hydrogens is 555 g/mol. The van der Waals surface area contributed by atoms with Gasteiger partial charge in [0.05, 0.1) is 22.9 Å². The number of rotatable bonds is 7. The summed E-state index contributed by atoms with van der Waals surface area (Å²) in [7, 11) is 0. The van der Waals surface area contributed by atoms with Crippen LogP contribution in [-0.2, 0) is 31.7 Å². The summed E-state index contributed by atoms with van der Waals surface area (Å²) in [6, 6.07) is 4.91. The van der Waals surface area contributed by atoms with Crippen LogP contribution in [0, 0.1) is 17.3 Å². The lowest BCUT2D eigenvalue weighted by atomic mass is 9.77. The van der Waals surface area contributed by atoms with E-state index >= 15 is 0 Å². The Morgan fingerprint density at radius 1 is 1.07 bits per heavy atom. The van der Waals surface area contributed by atoms with Crippen LogP contribution < -0.4 is 5.32 Å². The van der Waals surface area contributed by atoms with Crippen molar-refractivity contribution in [3.63, 3.8) is 0 Å². The fraction of sp³-hybridized carbons (Fsp3) is 0.567. The number of benzene rings is 1. The highest BCUT2D eigenvalue weighted by molar-refractivity contribution is 5.83. The number of nitrogens with one attached hydrogen (secondary N) is 1. The molecule has 2 N–H and O–H groups in total. The number of alkyl carbamates (subject to hydrolysis) is 1. The van der Waals surface area contributed by atoms with Crippen molar-refractivity contribution < 1.29 is 42.1 Å². The van der Waals surface area contributed by atoms with Gasteiger partial charge in [0.15, 0.2) is 0 Å². The molecule has 2 aromatic rings. The van der Waals surface area contributed by atoms with E-state index in [1.54, 1.807) is 47.6 Å². The third-order valence-electron chi connectivity index (χ3n) is 6.94. The van der Waals surface area contributed by atoms with Gasteiger partial charge in [-0.25, -0.2) is 9.59 Å². The number of carbonyl (C=O) groups is 3. The van der Waals surface area contributed by atoms with Crippen LogP contribution in [0.1, 0.15) is 84.2 Å². The van der Waals surface area contributed by atoms with Gasteiger partial charge in [-0.2, -0.15) is 23.4 Å². The Labute approximate surface area is 243 Å². The Morgan fingerprint density at radius 2 is 1.74 bits per heavy atom. The summed E-state index contributed by atoms with van der Waals surface area (Å²) in [6.45, 7) is 12.0. The van der Waals surface area contributed by atoms with Crippen molar-refractivity contribution in [1.29, 1.82) is 0 Å². The predicted molar refractivity (Wildman–Crippen MR) is 147 cm³/mol. The fourth-order valence-electron chi connectivity index (χ4n) is 4.83. The maximum atomic E-state index is 13.6. The van der Waals surface area contributed by atoms with Crippen molar-refractivity contribution in [2.24, 2.45) is 17.3 Å². The van der Waals surface area contributed by atoms with Gasteiger partial charge >= 0.3 is 24.2 Å². The largest absolute Gasteiger partial charge is 0.481 e. The molecule has 3 rings (SSSR count). The number of nitrogens with zero attached hydrogens (tertiary/aromatic N) is 2. The van der Waals surface area contributed by atoms with Crippen LogP contribution in [0.2, 0.25) is 0 Å².